The SMILES string of the molecule is CC(C)NS(=O)(=O)c1ccc(N)cc1.O. The first kappa shape index (κ1) is 13.9. The zero-order valence-electron chi connectivity index (χ0n) is 8.69. The molecule has 0 bridgehead atoms. The van der Waals surface area contributed by atoms with E-state index in [1.54, 1.807) is 26.0 Å². The molecule has 0 atom stereocenters. The number of nitrogens with two attached hydrogens (primary N) is 1. The summed E-state index contributed by atoms with van der Waals surface area (Å²) < 4.78 is 25.7. The van der Waals surface area contributed by atoms with Gasteiger partial charge in [0.05, 0.1) is 4.90 Å². The highest BCUT2D eigenvalue weighted by molar-refractivity contribution is 7.89. The number of nitrogen functional groups attached to an aromatic ring is 1. The van der Waals surface area contributed by atoms with Crippen molar-refractivity contribution in [2.45, 2.75) is 24.8 Å². The second-order valence-electron chi connectivity index (χ2n) is 3.35. The topological polar surface area (TPSA) is 104 Å². The van der Waals surface area contributed by atoms with E-state index in [-0.39, 0.29) is 16.4 Å². The van der Waals surface area contributed by atoms with Gasteiger partial charge in [-0.25, -0.2) is 13.1 Å². The smallest absolute Gasteiger partial charge is 0.240 e. The van der Waals surface area contributed by atoms with Gasteiger partial charge in [-0.1, -0.05) is 0 Å². The summed E-state index contributed by atoms with van der Waals surface area (Å²) in [5, 5.41) is 0. The van der Waals surface area contributed by atoms with E-state index in [0.717, 1.165) is 0 Å². The minimum Gasteiger partial charge on any atom is -0.412 e. The van der Waals surface area contributed by atoms with Crippen LogP contribution in [0.5, 0.6) is 0 Å². The van der Waals surface area contributed by atoms with Crippen LogP contribution in [0.2, 0.25) is 0 Å². The number of benzene rings is 1. The Morgan fingerprint density at radius 1 is 1.20 bits per heavy atom. The molecule has 6 heteroatoms. The van der Waals surface area contributed by atoms with E-state index in [9.17, 15) is 8.42 Å². The molecule has 1 aromatic rings. The maximum atomic E-state index is 11.6. The highest BCUT2D eigenvalue weighted by Crippen LogP contribution is 2.11. The molecule has 0 aliphatic carbocycles. The van der Waals surface area contributed by atoms with E-state index in [2.05, 4.69) is 4.72 Å². The van der Waals surface area contributed by atoms with E-state index >= 15 is 0 Å². The predicted molar refractivity (Wildman–Crippen MR) is 59.9 cm³/mol. The van der Waals surface area contributed by atoms with Gasteiger partial charge in [-0.3, -0.25) is 0 Å². The van der Waals surface area contributed by atoms with E-state index in [1.165, 1.54) is 12.1 Å². The van der Waals surface area contributed by atoms with Gasteiger partial charge in [-0.15, -0.1) is 0 Å². The van der Waals surface area contributed by atoms with Gasteiger partial charge in [-0.2, -0.15) is 0 Å². The third-order valence-electron chi connectivity index (χ3n) is 1.58. The molecule has 0 heterocycles. The van der Waals surface area contributed by atoms with Crippen LogP contribution >= 0.6 is 0 Å². The first-order chi connectivity index (χ1) is 6.42. The van der Waals surface area contributed by atoms with Crippen LogP contribution in [0, 0.1) is 0 Å². The molecule has 0 aromatic heterocycles. The number of rotatable bonds is 3. The van der Waals surface area contributed by atoms with E-state index in [1.807, 2.05) is 0 Å². The zero-order chi connectivity index (χ0) is 10.8. The average molecular weight is 232 g/mol. The Balaban J connectivity index is 0.00000196. The Morgan fingerprint density at radius 3 is 2.07 bits per heavy atom. The first-order valence-electron chi connectivity index (χ1n) is 4.29. The molecule has 5 nitrogen and oxygen atoms in total. The third kappa shape index (κ3) is 3.86. The van der Waals surface area contributed by atoms with Crippen molar-refractivity contribution >= 4 is 15.7 Å². The normalized spacial score (nSPS) is 11.1. The molecule has 1 aromatic carbocycles. The monoisotopic (exact) mass is 232 g/mol. The van der Waals surface area contributed by atoms with E-state index < -0.39 is 10.0 Å². The van der Waals surface area contributed by atoms with Gasteiger partial charge < -0.3 is 11.2 Å². The van der Waals surface area contributed by atoms with Crippen LogP contribution in [0.4, 0.5) is 5.69 Å². The molecule has 5 N–H and O–H groups in total. The molecular formula is C9H16N2O3S. The molecule has 0 radical (unpaired) electrons. The molecular weight excluding hydrogens is 216 g/mol. The highest BCUT2D eigenvalue weighted by atomic mass is 32.2. The minimum atomic E-state index is -3.38. The fourth-order valence-electron chi connectivity index (χ4n) is 1.03. The summed E-state index contributed by atoms with van der Waals surface area (Å²) in [6.45, 7) is 3.55. The van der Waals surface area contributed by atoms with Gasteiger partial charge in [0.15, 0.2) is 0 Å². The number of anilines is 1. The fraction of sp³-hybridized carbons (Fsp3) is 0.333. The van der Waals surface area contributed by atoms with Crippen molar-refractivity contribution in [2.75, 3.05) is 5.73 Å². The summed E-state index contributed by atoms with van der Waals surface area (Å²) in [5.74, 6) is 0. The lowest BCUT2D eigenvalue weighted by atomic mass is 10.3. The van der Waals surface area contributed by atoms with Gasteiger partial charge in [0.1, 0.15) is 0 Å². The van der Waals surface area contributed by atoms with Gasteiger partial charge in [0.25, 0.3) is 0 Å². The Morgan fingerprint density at radius 2 is 1.67 bits per heavy atom. The summed E-state index contributed by atoms with van der Waals surface area (Å²) in [6.07, 6.45) is 0. The van der Waals surface area contributed by atoms with Crippen LogP contribution in [0.1, 0.15) is 13.8 Å². The lowest BCUT2D eigenvalue weighted by molar-refractivity contribution is 0.570. The van der Waals surface area contributed by atoms with Gasteiger partial charge in [0, 0.05) is 11.7 Å². The lowest BCUT2D eigenvalue weighted by Gasteiger charge is -2.09. The summed E-state index contributed by atoms with van der Waals surface area (Å²) in [6, 6.07) is 5.99. The van der Waals surface area contributed by atoms with Gasteiger partial charge >= 0.3 is 0 Å². The van der Waals surface area contributed by atoms with Crippen LogP contribution in [0.25, 0.3) is 0 Å². The Hall–Kier alpha value is -1.11. The summed E-state index contributed by atoms with van der Waals surface area (Å²) in [5.41, 5.74) is 6.01. The van der Waals surface area contributed by atoms with Crippen molar-refractivity contribution in [1.82, 2.24) is 4.72 Å². The number of nitrogens with one attached hydrogen (secondary N) is 1. The molecule has 1 rings (SSSR count). The van der Waals surface area contributed by atoms with Crippen molar-refractivity contribution in [3.8, 4) is 0 Å². The highest BCUT2D eigenvalue weighted by Gasteiger charge is 2.14. The number of sulfonamides is 1. The maximum absolute atomic E-state index is 11.6. The molecule has 0 spiro atoms. The molecule has 0 fully saturated rings. The van der Waals surface area contributed by atoms with Crippen LogP contribution in [-0.4, -0.2) is 19.9 Å². The summed E-state index contributed by atoms with van der Waals surface area (Å²) in [7, 11) is -3.38. The molecule has 0 aliphatic heterocycles. The second-order valence-corrected chi connectivity index (χ2v) is 5.06. The van der Waals surface area contributed by atoms with Crippen molar-refractivity contribution in [3.05, 3.63) is 24.3 Å². The Labute approximate surface area is 89.7 Å². The van der Waals surface area contributed by atoms with Crippen LogP contribution in [-0.2, 0) is 10.0 Å². The molecule has 0 saturated carbocycles. The molecule has 0 amide bonds. The van der Waals surface area contributed by atoms with Gasteiger partial charge in [0.2, 0.25) is 10.0 Å². The third-order valence-corrected chi connectivity index (χ3v) is 3.26. The molecule has 86 valence electrons. The van der Waals surface area contributed by atoms with Crippen LogP contribution in [0.3, 0.4) is 0 Å². The standard InChI is InChI=1S/C9H14N2O2S.H2O/c1-7(2)11-14(12,13)9-5-3-8(10)4-6-9;/h3-7,11H,10H2,1-2H3;1H2. The van der Waals surface area contributed by atoms with Crippen LogP contribution in [0.15, 0.2) is 29.2 Å². The number of hydrogen-bond acceptors (Lipinski definition) is 3. The Kier molecular flexibility index (Phi) is 4.73. The quantitative estimate of drug-likeness (QED) is 0.724. The van der Waals surface area contributed by atoms with Crippen LogP contribution < -0.4 is 10.5 Å². The fourth-order valence-corrected chi connectivity index (χ4v) is 2.28. The summed E-state index contributed by atoms with van der Waals surface area (Å²) in [4.78, 5) is 0.236. The lowest BCUT2D eigenvalue weighted by Crippen LogP contribution is -2.30. The zero-order valence-corrected chi connectivity index (χ0v) is 9.51. The van der Waals surface area contributed by atoms with Crippen molar-refractivity contribution in [2.24, 2.45) is 0 Å². The van der Waals surface area contributed by atoms with Crippen molar-refractivity contribution < 1.29 is 13.9 Å². The van der Waals surface area contributed by atoms with Gasteiger partial charge in [-0.05, 0) is 38.1 Å². The average Bonchev–Trinajstić information content (AvgIpc) is 2.02. The minimum absolute atomic E-state index is 0. The first-order valence-corrected chi connectivity index (χ1v) is 5.78. The Bertz CT molecular complexity index is 398. The second kappa shape index (κ2) is 5.11. The molecule has 0 saturated heterocycles. The van der Waals surface area contributed by atoms with E-state index in [4.69, 9.17) is 5.73 Å². The van der Waals surface area contributed by atoms with Crippen molar-refractivity contribution in [1.29, 1.82) is 0 Å². The maximum Gasteiger partial charge on any atom is 0.240 e. The predicted octanol–water partition coefficient (Wildman–Crippen LogP) is 0.131. The summed E-state index contributed by atoms with van der Waals surface area (Å²) >= 11 is 0. The van der Waals surface area contributed by atoms with Crippen molar-refractivity contribution in [3.63, 3.8) is 0 Å². The molecule has 0 aliphatic rings. The van der Waals surface area contributed by atoms with E-state index in [0.29, 0.717) is 5.69 Å². The largest absolute Gasteiger partial charge is 0.412 e. The number of hydrogen-bond donors (Lipinski definition) is 2. The molecule has 0 unspecified atom stereocenters. The molecule has 15 heavy (non-hydrogen) atoms.